The fourth-order valence-electron chi connectivity index (χ4n) is 4.35. The highest BCUT2D eigenvalue weighted by Gasteiger charge is 2.36. The van der Waals surface area contributed by atoms with Crippen molar-refractivity contribution in [3.05, 3.63) is 68.3 Å². The van der Waals surface area contributed by atoms with Crippen molar-refractivity contribution in [3.8, 4) is 11.4 Å². The molecule has 1 amide bonds. The first-order valence-corrected chi connectivity index (χ1v) is 11.4. The maximum absolute atomic E-state index is 13.6. The van der Waals surface area contributed by atoms with Crippen molar-refractivity contribution in [2.75, 3.05) is 6.54 Å². The van der Waals surface area contributed by atoms with Crippen LogP contribution in [0.1, 0.15) is 46.1 Å². The lowest BCUT2D eigenvalue weighted by atomic mass is 9.91. The van der Waals surface area contributed by atoms with E-state index in [9.17, 15) is 9.18 Å². The minimum atomic E-state index is -0.272. The lowest BCUT2D eigenvalue weighted by Crippen LogP contribution is -2.45. The lowest BCUT2D eigenvalue weighted by Gasteiger charge is -2.38. The van der Waals surface area contributed by atoms with Crippen LogP contribution in [0.4, 0.5) is 4.39 Å². The molecule has 4 nitrogen and oxygen atoms in total. The largest absolute Gasteiger partial charge is 0.335 e. The summed E-state index contributed by atoms with van der Waals surface area (Å²) < 4.78 is 14.6. The third-order valence-corrected chi connectivity index (χ3v) is 7.35. The molecule has 0 aliphatic carbocycles. The minimum absolute atomic E-state index is 0.0264. The number of pyridine rings is 1. The van der Waals surface area contributed by atoms with Gasteiger partial charge in [-0.3, -0.25) is 9.78 Å². The SMILES string of the molecule is O=C1c2ccc(F)cc2CCC2CCC(c3nc(-c4ccc(Br)cn4)cs3)CN12. The summed E-state index contributed by atoms with van der Waals surface area (Å²) in [4.78, 5) is 24.4. The Morgan fingerprint density at radius 3 is 2.86 bits per heavy atom. The first-order valence-electron chi connectivity index (χ1n) is 9.75. The van der Waals surface area contributed by atoms with Crippen molar-refractivity contribution in [1.29, 1.82) is 0 Å². The summed E-state index contributed by atoms with van der Waals surface area (Å²) in [6.45, 7) is 0.668. The summed E-state index contributed by atoms with van der Waals surface area (Å²) in [6, 6.07) is 8.68. The molecule has 0 radical (unpaired) electrons. The minimum Gasteiger partial charge on any atom is -0.335 e. The zero-order valence-electron chi connectivity index (χ0n) is 15.6. The molecule has 0 bridgehead atoms. The highest BCUT2D eigenvalue weighted by atomic mass is 79.9. The summed E-state index contributed by atoms with van der Waals surface area (Å²) in [7, 11) is 0. The van der Waals surface area contributed by atoms with Crippen molar-refractivity contribution >= 4 is 33.2 Å². The number of piperidine rings is 1. The zero-order chi connectivity index (χ0) is 20.0. The fourth-order valence-corrected chi connectivity index (χ4v) is 5.53. The van der Waals surface area contributed by atoms with Crippen LogP contribution >= 0.6 is 27.3 Å². The number of rotatable bonds is 2. The predicted octanol–water partition coefficient (Wildman–Crippen LogP) is 5.44. The van der Waals surface area contributed by atoms with E-state index >= 15 is 0 Å². The molecule has 29 heavy (non-hydrogen) atoms. The van der Waals surface area contributed by atoms with E-state index in [1.165, 1.54) is 12.1 Å². The number of aromatic nitrogens is 2. The smallest absolute Gasteiger partial charge is 0.254 e. The van der Waals surface area contributed by atoms with Crippen LogP contribution in [0, 0.1) is 5.82 Å². The van der Waals surface area contributed by atoms with E-state index in [-0.39, 0.29) is 23.7 Å². The van der Waals surface area contributed by atoms with Crippen LogP contribution in [0.15, 0.2) is 46.4 Å². The molecule has 2 atom stereocenters. The molecular formula is C22H19BrFN3OS. The topological polar surface area (TPSA) is 46.1 Å². The number of benzene rings is 1. The first-order chi connectivity index (χ1) is 14.1. The van der Waals surface area contributed by atoms with Crippen LogP contribution in [-0.2, 0) is 6.42 Å². The maximum atomic E-state index is 13.6. The molecule has 0 saturated carbocycles. The Hall–Kier alpha value is -2.12. The van der Waals surface area contributed by atoms with Gasteiger partial charge in [0.15, 0.2) is 0 Å². The summed E-state index contributed by atoms with van der Waals surface area (Å²) >= 11 is 5.05. The van der Waals surface area contributed by atoms with Gasteiger partial charge < -0.3 is 4.90 Å². The van der Waals surface area contributed by atoms with Crippen molar-refractivity contribution in [2.45, 2.75) is 37.6 Å². The van der Waals surface area contributed by atoms with Gasteiger partial charge in [-0.25, -0.2) is 9.37 Å². The molecule has 2 aliphatic heterocycles. The first kappa shape index (κ1) is 18.9. The number of nitrogens with zero attached hydrogens (tertiary/aromatic N) is 3. The van der Waals surface area contributed by atoms with Crippen LogP contribution in [0.3, 0.4) is 0 Å². The van der Waals surface area contributed by atoms with Gasteiger partial charge in [0.25, 0.3) is 5.91 Å². The Morgan fingerprint density at radius 1 is 1.14 bits per heavy atom. The third kappa shape index (κ3) is 3.62. The Morgan fingerprint density at radius 2 is 2.03 bits per heavy atom. The predicted molar refractivity (Wildman–Crippen MR) is 115 cm³/mol. The molecule has 3 aromatic rings. The van der Waals surface area contributed by atoms with E-state index in [2.05, 4.69) is 20.9 Å². The van der Waals surface area contributed by atoms with Crippen LogP contribution in [0.2, 0.25) is 0 Å². The van der Waals surface area contributed by atoms with Gasteiger partial charge in [-0.2, -0.15) is 0 Å². The van der Waals surface area contributed by atoms with E-state index in [1.807, 2.05) is 22.4 Å². The van der Waals surface area contributed by atoms with Crippen molar-refractivity contribution in [2.24, 2.45) is 0 Å². The maximum Gasteiger partial charge on any atom is 0.254 e. The van der Waals surface area contributed by atoms with Crippen molar-refractivity contribution in [3.63, 3.8) is 0 Å². The Kier molecular flexibility index (Phi) is 4.95. The van der Waals surface area contributed by atoms with Crippen LogP contribution < -0.4 is 0 Å². The standard InChI is InChI=1S/C22H19BrFN3OS/c23-15-3-8-19(25-10-15)20-12-29-21(26-20)14-2-6-17-5-1-13-9-16(24)4-7-18(13)22(28)27(17)11-14/h3-4,7-10,12,14,17H,1-2,5-6,11H2. The number of thiazole rings is 1. The zero-order valence-corrected chi connectivity index (χ0v) is 18.0. The van der Waals surface area contributed by atoms with E-state index in [1.54, 1.807) is 23.6 Å². The average Bonchev–Trinajstić information content (AvgIpc) is 3.18. The molecule has 7 heteroatoms. The molecule has 0 N–H and O–H groups in total. The average molecular weight is 472 g/mol. The van der Waals surface area contributed by atoms with Crippen LogP contribution in [0.5, 0.6) is 0 Å². The van der Waals surface area contributed by atoms with Gasteiger partial charge >= 0.3 is 0 Å². The van der Waals surface area contributed by atoms with E-state index in [4.69, 9.17) is 4.98 Å². The van der Waals surface area contributed by atoms with E-state index in [0.29, 0.717) is 12.1 Å². The highest BCUT2D eigenvalue weighted by molar-refractivity contribution is 9.10. The number of aryl methyl sites for hydroxylation is 1. The van der Waals surface area contributed by atoms with Gasteiger partial charge in [-0.1, -0.05) is 0 Å². The molecule has 2 aliphatic rings. The molecule has 5 rings (SSSR count). The van der Waals surface area contributed by atoms with Crippen LogP contribution in [0.25, 0.3) is 11.4 Å². The molecule has 0 spiro atoms. The molecule has 1 aromatic carbocycles. The Balaban J connectivity index is 1.39. The molecule has 2 unspecified atom stereocenters. The molecular weight excluding hydrogens is 453 g/mol. The number of carbonyl (C=O) groups excluding carboxylic acids is 1. The third-order valence-electron chi connectivity index (χ3n) is 5.87. The van der Waals surface area contributed by atoms with Gasteiger partial charge in [0.05, 0.1) is 16.4 Å². The summed E-state index contributed by atoms with van der Waals surface area (Å²) in [5, 5.41) is 3.10. The van der Waals surface area contributed by atoms with Gasteiger partial charge in [-0.15, -0.1) is 11.3 Å². The quantitative estimate of drug-likeness (QED) is 0.499. The van der Waals surface area contributed by atoms with Gasteiger partial charge in [0.2, 0.25) is 0 Å². The normalized spacial score (nSPS) is 21.4. The second-order valence-electron chi connectivity index (χ2n) is 7.66. The summed E-state index contributed by atoms with van der Waals surface area (Å²) in [6.07, 6.45) is 5.39. The van der Waals surface area contributed by atoms with Crippen molar-refractivity contribution < 1.29 is 9.18 Å². The van der Waals surface area contributed by atoms with E-state index < -0.39 is 0 Å². The van der Waals surface area contributed by atoms with Crippen molar-refractivity contribution in [1.82, 2.24) is 14.9 Å². The fraction of sp³-hybridized carbons (Fsp3) is 0.318. The number of carbonyl (C=O) groups is 1. The number of fused-ring (bicyclic) bond motifs is 2. The number of amides is 1. The summed E-state index contributed by atoms with van der Waals surface area (Å²) in [5.74, 6) is -0.0175. The molecule has 1 saturated heterocycles. The van der Waals surface area contributed by atoms with Gasteiger partial charge in [0.1, 0.15) is 5.82 Å². The van der Waals surface area contributed by atoms with E-state index in [0.717, 1.165) is 52.1 Å². The molecule has 1 fully saturated rings. The summed E-state index contributed by atoms with van der Waals surface area (Å²) in [5.41, 5.74) is 3.21. The van der Waals surface area contributed by atoms with Crippen LogP contribution in [-0.4, -0.2) is 33.4 Å². The molecule has 2 aromatic heterocycles. The Labute approximate surface area is 180 Å². The second kappa shape index (κ2) is 7.61. The monoisotopic (exact) mass is 471 g/mol. The number of hydrogen-bond acceptors (Lipinski definition) is 4. The molecule has 148 valence electrons. The Bertz CT molecular complexity index is 1070. The second-order valence-corrected chi connectivity index (χ2v) is 9.46. The number of hydrogen-bond donors (Lipinski definition) is 0. The molecule has 4 heterocycles. The highest BCUT2D eigenvalue weighted by Crippen LogP contribution is 2.37. The number of halogens is 2. The van der Waals surface area contributed by atoms with Gasteiger partial charge in [-0.05, 0) is 77.5 Å². The van der Waals surface area contributed by atoms with Gasteiger partial charge in [0, 0.05) is 40.1 Å². The lowest BCUT2D eigenvalue weighted by molar-refractivity contribution is 0.0588.